The van der Waals surface area contributed by atoms with E-state index in [1.807, 2.05) is 20.8 Å². The summed E-state index contributed by atoms with van der Waals surface area (Å²) in [7, 11) is 3.09. The standard InChI is InChI=1S/C54H90O23/c1-11-24(2)48(63)70-27(5)53(64)16-17-54(65)31-13-12-29-18-30(14-15-51(29,7)32(31)19-37(52(53,54)8)71-28(6)57)72-38-20-33(66-9)45(25(3)68-38)75-39-21-34(67-10)46(26(4)69-39)76-50-44(62)42(60)47(36(23-56)74-50)77-49-43(61)41(59)40(58)35(22-55)73-49/h24-27,29-47,49-50,55-56,58-62,64-65H,11-23H2,1-10H3/t24?,25-,26-,27?,29?,30+,31-,32+,33+,34-,35-,36-,37-,38+,39+,40-,41+,42-,43-,44-,45-,46-,47-,49+,50+,51+,52-,53-,54+/m1/s1. The van der Waals surface area contributed by atoms with Gasteiger partial charge in [0, 0.05) is 34.0 Å². The van der Waals surface area contributed by atoms with Crippen molar-refractivity contribution in [1.82, 2.24) is 0 Å². The molecule has 8 fully saturated rings. The van der Waals surface area contributed by atoms with Crippen LogP contribution in [0.4, 0.5) is 0 Å². The number of aliphatic hydroxyl groups is 9. The molecule has 23 nitrogen and oxygen atoms in total. The van der Waals surface area contributed by atoms with Crippen molar-refractivity contribution in [2.45, 2.75) is 266 Å². The van der Waals surface area contributed by atoms with E-state index in [1.165, 1.54) is 14.0 Å². The number of carbonyl (C=O) groups excluding carboxylic acids is 2. The number of ether oxygens (including phenoxy) is 12. The quantitative estimate of drug-likeness (QED) is 0.0706. The normalized spacial score (nSPS) is 50.9. The number of aliphatic hydroxyl groups excluding tert-OH is 7. The van der Waals surface area contributed by atoms with Crippen molar-refractivity contribution >= 4 is 11.9 Å². The second-order valence-electron chi connectivity index (χ2n) is 24.1. The highest BCUT2D eigenvalue weighted by molar-refractivity contribution is 5.72. The first-order chi connectivity index (χ1) is 36.3. The van der Waals surface area contributed by atoms with Gasteiger partial charge in [0.15, 0.2) is 25.2 Å². The number of methoxy groups -OCH3 is 2. The zero-order valence-electron chi connectivity index (χ0n) is 46.4. The summed E-state index contributed by atoms with van der Waals surface area (Å²) in [6.07, 6.45) is -17.3. The Morgan fingerprint density at radius 1 is 0.649 bits per heavy atom. The van der Waals surface area contributed by atoms with E-state index < -0.39 is 165 Å². The molecule has 4 saturated heterocycles. The Bertz CT molecular complexity index is 1980. The number of esters is 2. The smallest absolute Gasteiger partial charge is 0.309 e. The Morgan fingerprint density at radius 3 is 1.81 bits per heavy atom. The molecule has 29 atom stereocenters. The van der Waals surface area contributed by atoms with Crippen molar-refractivity contribution < 1.29 is 112 Å². The lowest BCUT2D eigenvalue weighted by Gasteiger charge is -2.66. The summed E-state index contributed by atoms with van der Waals surface area (Å²) >= 11 is 0. The topological polar surface area (TPSA) is 327 Å². The molecule has 4 heterocycles. The van der Waals surface area contributed by atoms with Crippen molar-refractivity contribution in [3.8, 4) is 0 Å². The van der Waals surface area contributed by atoms with Gasteiger partial charge in [0.05, 0.1) is 60.7 Å². The summed E-state index contributed by atoms with van der Waals surface area (Å²) in [5.41, 5.74) is -4.56. The van der Waals surface area contributed by atoms with Gasteiger partial charge in [0.1, 0.15) is 78.8 Å². The lowest BCUT2D eigenvalue weighted by molar-refractivity contribution is -0.375. The summed E-state index contributed by atoms with van der Waals surface area (Å²) in [6.45, 7) is 13.0. The van der Waals surface area contributed by atoms with E-state index in [-0.39, 0.29) is 54.5 Å². The minimum Gasteiger partial charge on any atom is -0.462 e. The molecule has 77 heavy (non-hydrogen) atoms. The number of hydrogen-bond acceptors (Lipinski definition) is 23. The van der Waals surface area contributed by atoms with Gasteiger partial charge in [-0.3, -0.25) is 9.59 Å². The van der Waals surface area contributed by atoms with E-state index in [1.54, 1.807) is 27.9 Å². The van der Waals surface area contributed by atoms with Crippen LogP contribution in [0.3, 0.4) is 0 Å². The van der Waals surface area contributed by atoms with Gasteiger partial charge in [-0.2, -0.15) is 0 Å². The maximum absolute atomic E-state index is 13.1. The predicted molar refractivity (Wildman–Crippen MR) is 265 cm³/mol. The highest BCUT2D eigenvalue weighted by Gasteiger charge is 2.77. The summed E-state index contributed by atoms with van der Waals surface area (Å²) in [4.78, 5) is 25.8. The molecule has 0 spiro atoms. The summed E-state index contributed by atoms with van der Waals surface area (Å²) in [6, 6.07) is 0. The van der Waals surface area contributed by atoms with Gasteiger partial charge in [-0.15, -0.1) is 0 Å². The molecular weight excluding hydrogens is 1020 g/mol. The Kier molecular flexibility index (Phi) is 19.2. The number of fused-ring (bicyclic) bond motifs is 5. The molecule has 4 aliphatic carbocycles. The molecule has 23 heteroatoms. The van der Waals surface area contributed by atoms with E-state index in [2.05, 4.69) is 6.92 Å². The van der Waals surface area contributed by atoms with Crippen molar-refractivity contribution in [3.63, 3.8) is 0 Å². The third kappa shape index (κ3) is 11.1. The fourth-order valence-electron chi connectivity index (χ4n) is 15.1. The largest absolute Gasteiger partial charge is 0.462 e. The average Bonchev–Trinajstić information content (AvgIpc) is 3.92. The average molecular weight is 1110 g/mol. The minimum absolute atomic E-state index is 0.0154. The van der Waals surface area contributed by atoms with Gasteiger partial charge in [-0.25, -0.2) is 0 Å². The second kappa shape index (κ2) is 24.2. The molecule has 3 unspecified atom stereocenters. The van der Waals surface area contributed by atoms with Gasteiger partial charge >= 0.3 is 11.9 Å². The van der Waals surface area contributed by atoms with Crippen LogP contribution in [-0.4, -0.2) is 225 Å². The van der Waals surface area contributed by atoms with Crippen LogP contribution in [0, 0.1) is 34.5 Å². The first-order valence-electron chi connectivity index (χ1n) is 28.1. The van der Waals surface area contributed by atoms with Gasteiger partial charge in [-0.05, 0) is 102 Å². The molecule has 444 valence electrons. The monoisotopic (exact) mass is 1110 g/mol. The lowest BCUT2D eigenvalue weighted by Crippen LogP contribution is -2.72. The summed E-state index contributed by atoms with van der Waals surface area (Å²) in [5, 5.41) is 99.0. The van der Waals surface area contributed by atoms with E-state index in [0.717, 1.165) is 25.7 Å². The maximum Gasteiger partial charge on any atom is 0.309 e. The molecule has 0 aromatic heterocycles. The van der Waals surface area contributed by atoms with Crippen LogP contribution in [0.5, 0.6) is 0 Å². The minimum atomic E-state index is -1.81. The van der Waals surface area contributed by atoms with E-state index in [9.17, 15) is 55.5 Å². The SMILES string of the molecule is CCC(C)C(=O)OC(C)[C@]1(O)CC[C@]2(O)[C@@H]3CCC4C[C@@H](O[C@H]5C[C@H](OC)[C@H](O[C@H]6C[C@@H](OC)[C@H](O[C@@H]7O[C@H](CO)[C@@H](O[C@@H]8O[C@H](CO)[C@@H](O)[C@H](O)[C@H]8O)[C@H](O)[C@H]7O)[C@@H](C)O6)[C@@H](C)O5)CC[C@]4(C)[C@H]3C[C@@H](OC(C)=O)[C@]12C. The zero-order valence-corrected chi connectivity index (χ0v) is 46.4. The molecule has 0 radical (unpaired) electrons. The van der Waals surface area contributed by atoms with Crippen LogP contribution in [0.15, 0.2) is 0 Å². The third-order valence-corrected chi connectivity index (χ3v) is 20.1. The van der Waals surface area contributed by atoms with Crippen LogP contribution < -0.4 is 0 Å². The van der Waals surface area contributed by atoms with Crippen LogP contribution in [0.25, 0.3) is 0 Å². The lowest BCUT2D eigenvalue weighted by atomic mass is 9.42. The van der Waals surface area contributed by atoms with Crippen molar-refractivity contribution in [2.75, 3.05) is 27.4 Å². The van der Waals surface area contributed by atoms with Crippen molar-refractivity contribution in [3.05, 3.63) is 0 Å². The van der Waals surface area contributed by atoms with Gasteiger partial charge < -0.3 is 103 Å². The number of carbonyl (C=O) groups is 2. The molecule has 0 bridgehead atoms. The van der Waals surface area contributed by atoms with Crippen LogP contribution in [0.1, 0.15) is 126 Å². The Labute approximate surface area is 451 Å². The van der Waals surface area contributed by atoms with Crippen LogP contribution in [0.2, 0.25) is 0 Å². The molecule has 4 aliphatic heterocycles. The molecule has 0 amide bonds. The van der Waals surface area contributed by atoms with Crippen LogP contribution >= 0.6 is 0 Å². The number of hydrogen-bond donors (Lipinski definition) is 9. The van der Waals surface area contributed by atoms with Gasteiger partial charge in [0.2, 0.25) is 0 Å². The first kappa shape index (κ1) is 61.3. The van der Waals surface area contributed by atoms with E-state index in [4.69, 9.17) is 56.8 Å². The Balaban J connectivity index is 0.859. The van der Waals surface area contributed by atoms with Gasteiger partial charge in [-0.1, -0.05) is 27.7 Å². The molecule has 8 rings (SSSR count). The Hall–Kier alpha value is -1.82. The van der Waals surface area contributed by atoms with Gasteiger partial charge in [0.25, 0.3) is 0 Å². The third-order valence-electron chi connectivity index (χ3n) is 20.1. The van der Waals surface area contributed by atoms with Crippen LogP contribution in [-0.2, 0) is 66.4 Å². The molecule has 4 saturated carbocycles. The summed E-state index contributed by atoms with van der Waals surface area (Å²) < 4.78 is 73.4. The summed E-state index contributed by atoms with van der Waals surface area (Å²) in [5.74, 6) is -1.23. The van der Waals surface area contributed by atoms with Crippen molar-refractivity contribution in [2.24, 2.45) is 34.5 Å². The Morgan fingerprint density at radius 2 is 1.22 bits per heavy atom. The van der Waals surface area contributed by atoms with E-state index in [0.29, 0.717) is 25.7 Å². The van der Waals surface area contributed by atoms with Crippen molar-refractivity contribution in [1.29, 1.82) is 0 Å². The second-order valence-corrected chi connectivity index (χ2v) is 24.1. The van der Waals surface area contributed by atoms with E-state index >= 15 is 0 Å². The maximum atomic E-state index is 13.1. The highest BCUT2D eigenvalue weighted by atomic mass is 16.8. The molecule has 0 aromatic carbocycles. The molecule has 0 aromatic rings. The molecule has 9 N–H and O–H groups in total. The predicted octanol–water partition coefficient (Wildman–Crippen LogP) is 0.474. The fourth-order valence-corrected chi connectivity index (χ4v) is 15.1. The highest BCUT2D eigenvalue weighted by Crippen LogP contribution is 2.71. The fraction of sp³-hybridized carbons (Fsp3) is 0.963. The molecular formula is C54H90O23. The zero-order chi connectivity index (χ0) is 56.3. The first-order valence-corrected chi connectivity index (χ1v) is 28.1. The molecule has 8 aliphatic rings. The number of rotatable bonds is 17.